The molecule has 2 heterocycles. The van der Waals surface area contributed by atoms with Gasteiger partial charge in [-0.2, -0.15) is 0 Å². The van der Waals surface area contributed by atoms with Crippen LogP contribution in [-0.4, -0.2) is 49.2 Å². The van der Waals surface area contributed by atoms with E-state index in [1.54, 1.807) is 0 Å². The van der Waals surface area contributed by atoms with Crippen LogP contribution in [0.1, 0.15) is 39.0 Å². The Morgan fingerprint density at radius 2 is 2.12 bits per heavy atom. The normalized spacial score (nSPS) is 27.2. The van der Waals surface area contributed by atoms with Gasteiger partial charge in [-0.15, -0.1) is 0 Å². The van der Waals surface area contributed by atoms with Gasteiger partial charge in [0.2, 0.25) is 0 Å². The van der Waals surface area contributed by atoms with Crippen molar-refractivity contribution in [2.24, 2.45) is 0 Å². The van der Waals surface area contributed by atoms with Crippen molar-refractivity contribution in [1.29, 1.82) is 0 Å². The summed E-state index contributed by atoms with van der Waals surface area (Å²) in [7, 11) is 0. The summed E-state index contributed by atoms with van der Waals surface area (Å²) in [6.45, 7) is 5.83. The van der Waals surface area contributed by atoms with Gasteiger partial charge in [0.05, 0.1) is 6.61 Å². The van der Waals surface area contributed by atoms with Crippen LogP contribution in [0.25, 0.3) is 0 Å². The number of rotatable bonds is 4. The first-order valence-electron chi connectivity index (χ1n) is 6.96. The Balaban J connectivity index is 1.89. The maximum atomic E-state index is 12.0. The minimum Gasteiger partial charge on any atom is -0.465 e. The molecule has 2 rings (SSSR count). The molecular formula is C13H24N2O2. The third-order valence-corrected chi connectivity index (χ3v) is 3.79. The Labute approximate surface area is 104 Å². The lowest BCUT2D eigenvalue weighted by molar-refractivity contribution is -0.150. The smallest absolute Gasteiger partial charge is 0.323 e. The molecule has 4 nitrogen and oxygen atoms in total. The molecule has 2 saturated heterocycles. The molecule has 2 aliphatic heterocycles. The number of nitrogens with zero attached hydrogens (tertiary/aromatic N) is 1. The predicted octanol–water partition coefficient (Wildman–Crippen LogP) is 1.16. The highest BCUT2D eigenvalue weighted by molar-refractivity contribution is 5.76. The highest BCUT2D eigenvalue weighted by Crippen LogP contribution is 2.25. The minimum atomic E-state index is 0.00267. The van der Waals surface area contributed by atoms with Crippen LogP contribution in [0.2, 0.25) is 0 Å². The Bertz CT molecular complexity index is 252. The summed E-state index contributed by atoms with van der Waals surface area (Å²) in [6.07, 6.45) is 5.35. The van der Waals surface area contributed by atoms with E-state index >= 15 is 0 Å². The van der Waals surface area contributed by atoms with Gasteiger partial charge >= 0.3 is 5.97 Å². The maximum absolute atomic E-state index is 12.0. The van der Waals surface area contributed by atoms with Crippen molar-refractivity contribution >= 4 is 5.97 Å². The number of ether oxygens (including phenoxy) is 1. The summed E-state index contributed by atoms with van der Waals surface area (Å²) in [5.74, 6) is 0.00267. The summed E-state index contributed by atoms with van der Waals surface area (Å²) in [5.41, 5.74) is 0. The molecule has 4 heteroatoms. The van der Waals surface area contributed by atoms with Crippen LogP contribution in [0, 0.1) is 0 Å². The Kier molecular flexibility index (Phi) is 4.80. The largest absolute Gasteiger partial charge is 0.465 e. The van der Waals surface area contributed by atoms with Gasteiger partial charge in [0.15, 0.2) is 0 Å². The topological polar surface area (TPSA) is 41.6 Å². The SMILES string of the molecule is CCCOC(=O)C1CCCN1C1CCNCC1. The first-order valence-corrected chi connectivity index (χ1v) is 6.96. The number of likely N-dealkylation sites (tertiary alicyclic amines) is 1. The lowest BCUT2D eigenvalue weighted by Gasteiger charge is -2.34. The molecule has 0 aromatic carbocycles. The molecule has 2 fully saturated rings. The van der Waals surface area contributed by atoms with Crippen molar-refractivity contribution < 1.29 is 9.53 Å². The highest BCUT2D eigenvalue weighted by atomic mass is 16.5. The number of carbonyl (C=O) groups is 1. The Hall–Kier alpha value is -0.610. The van der Waals surface area contributed by atoms with Gasteiger partial charge in [-0.3, -0.25) is 9.69 Å². The number of esters is 1. The zero-order valence-electron chi connectivity index (χ0n) is 10.8. The molecular weight excluding hydrogens is 216 g/mol. The third-order valence-electron chi connectivity index (χ3n) is 3.79. The van der Waals surface area contributed by atoms with Crippen LogP contribution in [0.15, 0.2) is 0 Å². The van der Waals surface area contributed by atoms with Gasteiger partial charge in [-0.25, -0.2) is 0 Å². The van der Waals surface area contributed by atoms with Crippen LogP contribution in [0.4, 0.5) is 0 Å². The number of nitrogens with one attached hydrogen (secondary N) is 1. The maximum Gasteiger partial charge on any atom is 0.323 e. The van der Waals surface area contributed by atoms with E-state index in [-0.39, 0.29) is 12.0 Å². The van der Waals surface area contributed by atoms with E-state index in [9.17, 15) is 4.79 Å². The van der Waals surface area contributed by atoms with E-state index in [1.165, 1.54) is 0 Å². The molecule has 0 aliphatic carbocycles. The second-order valence-corrected chi connectivity index (χ2v) is 5.04. The van der Waals surface area contributed by atoms with Crippen LogP contribution in [0.5, 0.6) is 0 Å². The van der Waals surface area contributed by atoms with Crippen molar-refractivity contribution in [1.82, 2.24) is 10.2 Å². The zero-order chi connectivity index (χ0) is 12.1. The molecule has 17 heavy (non-hydrogen) atoms. The molecule has 0 saturated carbocycles. The van der Waals surface area contributed by atoms with Gasteiger partial charge in [0.25, 0.3) is 0 Å². The summed E-state index contributed by atoms with van der Waals surface area (Å²) in [4.78, 5) is 14.4. The first-order chi connectivity index (χ1) is 8.33. The Morgan fingerprint density at radius 1 is 1.35 bits per heavy atom. The molecule has 1 unspecified atom stereocenters. The molecule has 0 aromatic rings. The van der Waals surface area contributed by atoms with Crippen molar-refractivity contribution in [2.45, 2.75) is 51.1 Å². The van der Waals surface area contributed by atoms with E-state index in [2.05, 4.69) is 10.2 Å². The highest BCUT2D eigenvalue weighted by Gasteiger charge is 2.36. The molecule has 0 spiro atoms. The van der Waals surface area contributed by atoms with Crippen LogP contribution in [0.3, 0.4) is 0 Å². The number of hydrogen-bond acceptors (Lipinski definition) is 4. The van der Waals surface area contributed by atoms with Crippen LogP contribution < -0.4 is 5.32 Å². The first kappa shape index (κ1) is 12.8. The van der Waals surface area contributed by atoms with Crippen molar-refractivity contribution in [3.05, 3.63) is 0 Å². The summed E-state index contributed by atoms with van der Waals surface area (Å²) < 4.78 is 5.30. The zero-order valence-corrected chi connectivity index (χ0v) is 10.8. The Morgan fingerprint density at radius 3 is 2.82 bits per heavy atom. The van der Waals surface area contributed by atoms with E-state index in [1.807, 2.05) is 6.92 Å². The minimum absolute atomic E-state index is 0.00267. The lowest BCUT2D eigenvalue weighted by atomic mass is 10.0. The second kappa shape index (κ2) is 6.36. The van der Waals surface area contributed by atoms with E-state index in [0.717, 1.165) is 51.7 Å². The predicted molar refractivity (Wildman–Crippen MR) is 66.9 cm³/mol. The quantitative estimate of drug-likeness (QED) is 0.749. The lowest BCUT2D eigenvalue weighted by Crippen LogP contribution is -2.48. The average molecular weight is 240 g/mol. The third kappa shape index (κ3) is 3.19. The van der Waals surface area contributed by atoms with E-state index in [4.69, 9.17) is 4.74 Å². The van der Waals surface area contributed by atoms with Gasteiger partial charge < -0.3 is 10.1 Å². The fourth-order valence-electron chi connectivity index (χ4n) is 2.92. The van der Waals surface area contributed by atoms with Crippen LogP contribution >= 0.6 is 0 Å². The second-order valence-electron chi connectivity index (χ2n) is 5.04. The molecule has 0 amide bonds. The monoisotopic (exact) mass is 240 g/mol. The van der Waals surface area contributed by atoms with Gasteiger partial charge in [0.1, 0.15) is 6.04 Å². The standard InChI is InChI=1S/C13H24N2O2/c1-2-10-17-13(16)12-4-3-9-15(12)11-5-7-14-8-6-11/h11-12,14H,2-10H2,1H3. The van der Waals surface area contributed by atoms with Gasteiger partial charge in [-0.1, -0.05) is 6.92 Å². The number of hydrogen-bond donors (Lipinski definition) is 1. The average Bonchev–Trinajstić information content (AvgIpc) is 2.86. The van der Waals surface area contributed by atoms with Gasteiger partial charge in [-0.05, 0) is 51.7 Å². The fourth-order valence-corrected chi connectivity index (χ4v) is 2.92. The fraction of sp³-hybridized carbons (Fsp3) is 0.923. The summed E-state index contributed by atoms with van der Waals surface area (Å²) in [6, 6.07) is 0.613. The molecule has 2 aliphatic rings. The van der Waals surface area contributed by atoms with E-state index < -0.39 is 0 Å². The molecule has 0 bridgehead atoms. The molecule has 1 atom stereocenters. The molecule has 98 valence electrons. The van der Waals surface area contributed by atoms with Crippen molar-refractivity contribution in [3.63, 3.8) is 0 Å². The number of piperidine rings is 1. The van der Waals surface area contributed by atoms with Crippen molar-refractivity contribution in [3.8, 4) is 0 Å². The summed E-state index contributed by atoms with van der Waals surface area (Å²) in [5, 5.41) is 3.37. The van der Waals surface area contributed by atoms with Gasteiger partial charge in [0, 0.05) is 6.04 Å². The number of carbonyl (C=O) groups excluding carboxylic acids is 1. The van der Waals surface area contributed by atoms with Crippen LogP contribution in [-0.2, 0) is 9.53 Å². The summed E-state index contributed by atoms with van der Waals surface area (Å²) >= 11 is 0. The van der Waals surface area contributed by atoms with E-state index in [0.29, 0.717) is 12.6 Å². The molecule has 0 aromatic heterocycles. The molecule has 0 radical (unpaired) electrons. The molecule has 1 N–H and O–H groups in total. The van der Waals surface area contributed by atoms with Crippen molar-refractivity contribution in [2.75, 3.05) is 26.2 Å².